The van der Waals surface area contributed by atoms with E-state index in [1.807, 2.05) is 0 Å². The van der Waals surface area contributed by atoms with Crippen molar-refractivity contribution in [2.24, 2.45) is 0 Å². The maximum atomic E-state index is 12.9. The second-order valence-corrected chi connectivity index (χ2v) is 5.90. The molecule has 9 heteroatoms. The Morgan fingerprint density at radius 2 is 2.00 bits per heavy atom. The van der Waals surface area contributed by atoms with Crippen LogP contribution in [-0.4, -0.2) is 48.0 Å². The molecule has 142 valence electrons. The van der Waals surface area contributed by atoms with Crippen LogP contribution < -0.4 is 16.2 Å². The largest absolute Gasteiger partial charge is 0.464 e. The maximum Gasteiger partial charge on any atom is 0.328 e. The Bertz CT molecular complexity index is 653. The van der Waals surface area contributed by atoms with E-state index in [0.717, 1.165) is 0 Å². The van der Waals surface area contributed by atoms with Crippen molar-refractivity contribution < 1.29 is 23.5 Å². The van der Waals surface area contributed by atoms with Gasteiger partial charge in [-0.2, -0.15) is 0 Å². The molecule has 8 nitrogen and oxygen atoms in total. The number of nitrogens with one attached hydrogen (secondary N) is 3. The van der Waals surface area contributed by atoms with Crippen LogP contribution in [0.15, 0.2) is 24.3 Å². The van der Waals surface area contributed by atoms with Crippen LogP contribution in [0.1, 0.15) is 26.7 Å². The zero-order valence-corrected chi connectivity index (χ0v) is 14.8. The quantitative estimate of drug-likeness (QED) is 0.522. The van der Waals surface area contributed by atoms with Crippen LogP contribution >= 0.6 is 0 Å². The molecule has 1 aliphatic rings. The van der Waals surface area contributed by atoms with Crippen molar-refractivity contribution in [2.45, 2.75) is 38.8 Å². The topological polar surface area (TPSA) is 99.8 Å². The molecule has 1 heterocycles. The van der Waals surface area contributed by atoms with Crippen molar-refractivity contribution in [3.05, 3.63) is 30.1 Å². The summed E-state index contributed by atoms with van der Waals surface area (Å²) < 4.78 is 17.7. The van der Waals surface area contributed by atoms with Crippen molar-refractivity contribution in [3.63, 3.8) is 0 Å². The monoisotopic (exact) mass is 366 g/mol. The summed E-state index contributed by atoms with van der Waals surface area (Å²) in [5, 5.41) is 2.54. The lowest BCUT2D eigenvalue weighted by Gasteiger charge is -2.25. The first kappa shape index (κ1) is 19.5. The molecule has 1 aromatic carbocycles. The van der Waals surface area contributed by atoms with Gasteiger partial charge in [-0.05, 0) is 51.0 Å². The first-order valence-electron chi connectivity index (χ1n) is 8.47. The summed E-state index contributed by atoms with van der Waals surface area (Å²) >= 11 is 0. The Hall–Kier alpha value is -2.84. The molecule has 0 radical (unpaired) electrons. The van der Waals surface area contributed by atoms with E-state index in [2.05, 4.69) is 16.2 Å². The van der Waals surface area contributed by atoms with Crippen molar-refractivity contribution in [3.8, 4) is 0 Å². The summed E-state index contributed by atoms with van der Waals surface area (Å²) in [6, 6.07) is 3.54. The Labute approximate surface area is 151 Å². The number of likely N-dealkylation sites (tertiary alicyclic amines) is 1. The van der Waals surface area contributed by atoms with Gasteiger partial charge >= 0.3 is 12.0 Å². The summed E-state index contributed by atoms with van der Waals surface area (Å²) in [4.78, 5) is 37.7. The number of esters is 1. The number of anilines is 1. The molecule has 1 aliphatic heterocycles. The van der Waals surface area contributed by atoms with Crippen molar-refractivity contribution in [1.29, 1.82) is 0 Å². The van der Waals surface area contributed by atoms with Gasteiger partial charge in [-0.3, -0.25) is 15.6 Å². The zero-order valence-electron chi connectivity index (χ0n) is 14.8. The number of rotatable bonds is 6. The minimum Gasteiger partial charge on any atom is -0.464 e. The normalized spacial score (nSPS) is 17.3. The van der Waals surface area contributed by atoms with Crippen LogP contribution in [0.5, 0.6) is 0 Å². The summed E-state index contributed by atoms with van der Waals surface area (Å²) in [5.74, 6) is -1.29. The second kappa shape index (κ2) is 9.02. The molecule has 2 atom stereocenters. The van der Waals surface area contributed by atoms with Gasteiger partial charge in [-0.15, -0.1) is 0 Å². The highest BCUT2D eigenvalue weighted by Gasteiger charge is 2.35. The molecule has 3 N–H and O–H groups in total. The molecule has 0 bridgehead atoms. The van der Waals surface area contributed by atoms with Gasteiger partial charge in [0.05, 0.1) is 12.3 Å². The predicted molar refractivity (Wildman–Crippen MR) is 92.5 cm³/mol. The molecular formula is C17H23FN4O4. The van der Waals surface area contributed by atoms with Gasteiger partial charge < -0.3 is 15.0 Å². The average molecular weight is 366 g/mol. The fourth-order valence-corrected chi connectivity index (χ4v) is 2.63. The molecule has 26 heavy (non-hydrogen) atoms. The molecule has 3 amide bonds. The SMILES string of the molecule is CCOC(=O)[C@H](C)NC(=O)N1CCCC1C(=O)NNc1ccc(F)cc1. The fraction of sp³-hybridized carbons (Fsp3) is 0.471. The standard InChI is InChI=1S/C17H23FN4O4/c1-3-26-16(24)11(2)19-17(25)22-10-4-5-14(22)15(23)21-20-13-8-6-12(18)7-9-13/h6-9,11,14,20H,3-5,10H2,1-2H3,(H,19,25)(H,21,23)/t11-,14?/m0/s1. The zero-order chi connectivity index (χ0) is 19.1. The number of benzene rings is 1. The molecule has 2 rings (SSSR count). The number of hydrazine groups is 1. The van der Waals surface area contributed by atoms with Crippen LogP contribution in [0.25, 0.3) is 0 Å². The van der Waals surface area contributed by atoms with Crippen LogP contribution in [0, 0.1) is 5.82 Å². The molecule has 0 spiro atoms. The summed E-state index contributed by atoms with van der Waals surface area (Å²) in [7, 11) is 0. The Morgan fingerprint density at radius 1 is 1.31 bits per heavy atom. The maximum absolute atomic E-state index is 12.9. The van der Waals surface area contributed by atoms with Gasteiger partial charge in [0.15, 0.2) is 0 Å². The minimum atomic E-state index is -0.802. The number of hydrogen-bond donors (Lipinski definition) is 3. The van der Waals surface area contributed by atoms with Crippen molar-refractivity contribution in [2.75, 3.05) is 18.6 Å². The van der Waals surface area contributed by atoms with E-state index >= 15 is 0 Å². The molecule has 0 aromatic heterocycles. The van der Waals surface area contributed by atoms with Gasteiger partial charge in [0.25, 0.3) is 5.91 Å². The minimum absolute atomic E-state index is 0.225. The number of halogens is 1. The van der Waals surface area contributed by atoms with Gasteiger partial charge in [-0.1, -0.05) is 0 Å². The number of urea groups is 1. The van der Waals surface area contributed by atoms with E-state index in [0.29, 0.717) is 25.1 Å². The number of ether oxygens (including phenoxy) is 1. The second-order valence-electron chi connectivity index (χ2n) is 5.90. The number of hydrogen-bond acceptors (Lipinski definition) is 5. The number of amides is 3. The van der Waals surface area contributed by atoms with Gasteiger partial charge in [0, 0.05) is 6.54 Å². The van der Waals surface area contributed by atoms with Crippen molar-refractivity contribution >= 4 is 23.6 Å². The van der Waals surface area contributed by atoms with Crippen LogP contribution in [0.3, 0.4) is 0 Å². The summed E-state index contributed by atoms with van der Waals surface area (Å²) in [6.45, 7) is 3.84. The first-order chi connectivity index (χ1) is 12.4. The lowest BCUT2D eigenvalue weighted by atomic mass is 10.2. The third kappa shape index (κ3) is 5.08. The summed E-state index contributed by atoms with van der Waals surface area (Å²) in [5.41, 5.74) is 5.72. The van der Waals surface area contributed by atoms with Crippen LogP contribution in [0.2, 0.25) is 0 Å². The van der Waals surface area contributed by atoms with E-state index in [4.69, 9.17) is 4.74 Å². The molecule has 0 aliphatic carbocycles. The fourth-order valence-electron chi connectivity index (χ4n) is 2.63. The number of carbonyl (C=O) groups is 3. The Kier molecular flexibility index (Phi) is 6.76. The molecular weight excluding hydrogens is 343 g/mol. The third-order valence-electron chi connectivity index (χ3n) is 3.97. The number of nitrogens with zero attached hydrogens (tertiary/aromatic N) is 1. The van der Waals surface area contributed by atoms with Crippen LogP contribution in [-0.2, 0) is 14.3 Å². The highest BCUT2D eigenvalue weighted by molar-refractivity contribution is 5.90. The molecule has 1 fully saturated rings. The highest BCUT2D eigenvalue weighted by Crippen LogP contribution is 2.18. The highest BCUT2D eigenvalue weighted by atomic mass is 19.1. The van der Waals surface area contributed by atoms with Crippen LogP contribution in [0.4, 0.5) is 14.9 Å². The van der Waals surface area contributed by atoms with E-state index in [1.165, 1.54) is 36.1 Å². The van der Waals surface area contributed by atoms with Gasteiger partial charge in [-0.25, -0.2) is 14.0 Å². The molecule has 1 saturated heterocycles. The predicted octanol–water partition coefficient (Wildman–Crippen LogP) is 1.39. The van der Waals surface area contributed by atoms with E-state index in [-0.39, 0.29) is 18.3 Å². The smallest absolute Gasteiger partial charge is 0.328 e. The summed E-state index contributed by atoms with van der Waals surface area (Å²) in [6.07, 6.45) is 1.19. The lowest BCUT2D eigenvalue weighted by Crippen LogP contribution is -2.53. The molecule has 1 aromatic rings. The number of carbonyl (C=O) groups excluding carboxylic acids is 3. The molecule has 0 saturated carbocycles. The van der Waals surface area contributed by atoms with Gasteiger partial charge in [0.1, 0.15) is 17.9 Å². The average Bonchev–Trinajstić information content (AvgIpc) is 3.11. The third-order valence-corrected chi connectivity index (χ3v) is 3.97. The van der Waals surface area contributed by atoms with Gasteiger partial charge in [0.2, 0.25) is 0 Å². The Morgan fingerprint density at radius 3 is 2.65 bits per heavy atom. The molecule has 1 unspecified atom stereocenters. The Balaban J connectivity index is 1.89. The van der Waals surface area contributed by atoms with E-state index in [1.54, 1.807) is 6.92 Å². The van der Waals surface area contributed by atoms with Crippen molar-refractivity contribution in [1.82, 2.24) is 15.6 Å². The van der Waals surface area contributed by atoms with E-state index in [9.17, 15) is 18.8 Å². The lowest BCUT2D eigenvalue weighted by molar-refractivity contribution is -0.144. The first-order valence-corrected chi connectivity index (χ1v) is 8.47. The van der Waals surface area contributed by atoms with E-state index < -0.39 is 24.1 Å².